The van der Waals surface area contributed by atoms with Crippen LogP contribution in [0.3, 0.4) is 0 Å². The summed E-state index contributed by atoms with van der Waals surface area (Å²) in [7, 11) is -0.971. The fraction of sp³-hybridized carbons (Fsp3) is 0.308. The van der Waals surface area contributed by atoms with Gasteiger partial charge in [-0.05, 0) is 31.5 Å². The molecule has 1 aromatic carbocycles. The first-order valence-electron chi connectivity index (χ1n) is 5.57. The number of nitrogens with zero attached hydrogens (tertiary/aromatic N) is 1. The second-order valence-corrected chi connectivity index (χ2v) is 6.05. The Hall–Kier alpha value is -1.13. The smallest absolute Gasteiger partial charge is 0.138 e. The maximum atomic E-state index is 12.1. The third-order valence-corrected chi connectivity index (χ3v) is 4.25. The van der Waals surface area contributed by atoms with Crippen molar-refractivity contribution in [2.24, 2.45) is 0 Å². The van der Waals surface area contributed by atoms with Gasteiger partial charge in [-0.3, -0.25) is 4.21 Å². The third-order valence-electron chi connectivity index (χ3n) is 2.73. The van der Waals surface area contributed by atoms with Crippen molar-refractivity contribution in [2.75, 3.05) is 0 Å². The summed E-state index contributed by atoms with van der Waals surface area (Å²) in [5, 5.41) is 4.55. The lowest BCUT2D eigenvalue weighted by atomic mass is 10.2. The Morgan fingerprint density at radius 2 is 1.89 bits per heavy atom. The molecule has 18 heavy (non-hydrogen) atoms. The van der Waals surface area contributed by atoms with Crippen LogP contribution in [0.4, 0.5) is 0 Å². The van der Waals surface area contributed by atoms with E-state index in [0.29, 0.717) is 16.5 Å². The molecular formula is C13H14ClNO2S. The van der Waals surface area contributed by atoms with Gasteiger partial charge >= 0.3 is 0 Å². The molecule has 0 aliphatic carbocycles. The van der Waals surface area contributed by atoms with E-state index in [-0.39, 0.29) is 0 Å². The van der Waals surface area contributed by atoms with Gasteiger partial charge in [0.15, 0.2) is 0 Å². The molecule has 0 saturated carbocycles. The highest BCUT2D eigenvalue weighted by Crippen LogP contribution is 2.17. The van der Waals surface area contributed by atoms with Crippen LogP contribution in [0, 0.1) is 13.8 Å². The molecule has 2 aromatic rings. The molecule has 0 saturated heterocycles. The summed E-state index contributed by atoms with van der Waals surface area (Å²) in [5.41, 5.74) is 2.78. The Bertz CT molecular complexity index is 543. The van der Waals surface area contributed by atoms with Gasteiger partial charge in [0.05, 0.1) is 11.4 Å². The molecule has 0 aliphatic rings. The maximum Gasteiger partial charge on any atom is 0.138 e. The van der Waals surface area contributed by atoms with Crippen molar-refractivity contribution in [1.82, 2.24) is 5.16 Å². The van der Waals surface area contributed by atoms with Crippen LogP contribution in [-0.4, -0.2) is 9.37 Å². The number of aryl methyl sites for hydroxylation is 2. The standard InChI is InChI=1S/C13H14ClNO2S/c1-9-13(10(2)17-15-9)8-18(16)7-11-3-5-12(14)6-4-11/h3-6H,7-8H2,1-2H3/t18-/m0/s1. The van der Waals surface area contributed by atoms with E-state index in [2.05, 4.69) is 5.16 Å². The second-order valence-electron chi connectivity index (χ2n) is 4.16. The molecule has 5 heteroatoms. The first kappa shape index (κ1) is 13.3. The van der Waals surface area contributed by atoms with Crippen molar-refractivity contribution >= 4 is 22.4 Å². The maximum absolute atomic E-state index is 12.1. The molecule has 2 rings (SSSR count). The van der Waals surface area contributed by atoms with E-state index in [1.807, 2.05) is 38.1 Å². The molecule has 96 valence electrons. The van der Waals surface area contributed by atoms with Crippen LogP contribution in [0.5, 0.6) is 0 Å². The van der Waals surface area contributed by atoms with Crippen LogP contribution in [0.1, 0.15) is 22.6 Å². The minimum absolute atomic E-state index is 0.476. The fourth-order valence-electron chi connectivity index (χ4n) is 1.69. The fourth-order valence-corrected chi connectivity index (χ4v) is 3.21. The van der Waals surface area contributed by atoms with Gasteiger partial charge in [-0.25, -0.2) is 0 Å². The normalized spacial score (nSPS) is 12.6. The van der Waals surface area contributed by atoms with E-state index < -0.39 is 10.8 Å². The number of rotatable bonds is 4. The summed E-state index contributed by atoms with van der Waals surface area (Å²) >= 11 is 5.81. The number of benzene rings is 1. The Morgan fingerprint density at radius 1 is 1.22 bits per heavy atom. The van der Waals surface area contributed by atoms with Crippen molar-refractivity contribution < 1.29 is 8.73 Å². The van der Waals surface area contributed by atoms with Gasteiger partial charge in [0.2, 0.25) is 0 Å². The summed E-state index contributed by atoms with van der Waals surface area (Å²) < 4.78 is 17.1. The van der Waals surface area contributed by atoms with Gasteiger partial charge < -0.3 is 4.52 Å². The molecule has 0 radical (unpaired) electrons. The summed E-state index contributed by atoms with van der Waals surface area (Å²) in [4.78, 5) is 0. The van der Waals surface area contributed by atoms with Crippen molar-refractivity contribution in [3.63, 3.8) is 0 Å². The Morgan fingerprint density at radius 3 is 2.44 bits per heavy atom. The van der Waals surface area contributed by atoms with Gasteiger partial charge in [-0.15, -0.1) is 0 Å². The van der Waals surface area contributed by atoms with Crippen LogP contribution in [0.2, 0.25) is 5.02 Å². The van der Waals surface area contributed by atoms with Gasteiger partial charge in [-0.1, -0.05) is 28.9 Å². The predicted molar refractivity (Wildman–Crippen MR) is 73.0 cm³/mol. The molecule has 0 unspecified atom stereocenters. The Kier molecular flexibility index (Phi) is 4.19. The van der Waals surface area contributed by atoms with Crippen LogP contribution in [-0.2, 0) is 22.3 Å². The third kappa shape index (κ3) is 3.21. The lowest BCUT2D eigenvalue weighted by Crippen LogP contribution is -2.01. The molecule has 3 nitrogen and oxygen atoms in total. The minimum atomic E-state index is -0.971. The predicted octanol–water partition coefficient (Wildman–Crippen LogP) is 3.39. The topological polar surface area (TPSA) is 43.1 Å². The molecule has 0 spiro atoms. The summed E-state index contributed by atoms with van der Waals surface area (Å²) in [6.07, 6.45) is 0. The summed E-state index contributed by atoms with van der Waals surface area (Å²) in [6, 6.07) is 7.41. The molecule has 0 bridgehead atoms. The number of hydrogen-bond donors (Lipinski definition) is 0. The monoisotopic (exact) mass is 283 g/mol. The van der Waals surface area contributed by atoms with Gasteiger partial charge in [0.1, 0.15) is 5.76 Å². The zero-order valence-electron chi connectivity index (χ0n) is 10.3. The highest BCUT2D eigenvalue weighted by molar-refractivity contribution is 7.83. The highest BCUT2D eigenvalue weighted by Gasteiger charge is 2.12. The van der Waals surface area contributed by atoms with Gasteiger partial charge in [-0.2, -0.15) is 0 Å². The molecule has 0 amide bonds. The van der Waals surface area contributed by atoms with Crippen molar-refractivity contribution in [3.05, 3.63) is 51.9 Å². The van der Waals surface area contributed by atoms with E-state index in [1.54, 1.807) is 0 Å². The second kappa shape index (κ2) is 5.67. The van der Waals surface area contributed by atoms with Gasteiger partial charge in [0.25, 0.3) is 0 Å². The van der Waals surface area contributed by atoms with Crippen molar-refractivity contribution in [1.29, 1.82) is 0 Å². The average Bonchev–Trinajstić information content (AvgIpc) is 2.64. The zero-order valence-corrected chi connectivity index (χ0v) is 11.8. The van der Waals surface area contributed by atoms with E-state index in [4.69, 9.17) is 16.1 Å². The molecular weight excluding hydrogens is 270 g/mol. The molecule has 1 heterocycles. The van der Waals surface area contributed by atoms with Crippen molar-refractivity contribution in [3.8, 4) is 0 Å². The van der Waals surface area contributed by atoms with E-state index in [1.165, 1.54) is 0 Å². The first-order valence-corrected chi connectivity index (χ1v) is 7.44. The first-order chi connectivity index (χ1) is 8.56. The van der Waals surface area contributed by atoms with Crippen LogP contribution in [0.25, 0.3) is 0 Å². The molecule has 0 N–H and O–H groups in total. The number of hydrogen-bond acceptors (Lipinski definition) is 3. The zero-order chi connectivity index (χ0) is 13.1. The minimum Gasteiger partial charge on any atom is -0.361 e. The molecule has 0 fully saturated rings. The Labute approximate surface area is 114 Å². The highest BCUT2D eigenvalue weighted by atomic mass is 35.5. The van der Waals surface area contributed by atoms with Crippen LogP contribution in [0.15, 0.2) is 28.8 Å². The lowest BCUT2D eigenvalue weighted by Gasteiger charge is -2.02. The number of aromatic nitrogens is 1. The van der Waals surface area contributed by atoms with Crippen LogP contribution < -0.4 is 0 Å². The van der Waals surface area contributed by atoms with Crippen molar-refractivity contribution in [2.45, 2.75) is 25.4 Å². The van der Waals surface area contributed by atoms with Crippen LogP contribution >= 0.6 is 11.6 Å². The summed E-state index contributed by atoms with van der Waals surface area (Å²) in [6.45, 7) is 3.71. The van der Waals surface area contributed by atoms with E-state index >= 15 is 0 Å². The molecule has 1 atom stereocenters. The summed E-state index contributed by atoms with van der Waals surface area (Å²) in [5.74, 6) is 1.74. The largest absolute Gasteiger partial charge is 0.361 e. The Balaban J connectivity index is 2.03. The SMILES string of the molecule is Cc1noc(C)c1C[S@@](=O)Cc1ccc(Cl)cc1. The molecule has 1 aromatic heterocycles. The average molecular weight is 284 g/mol. The lowest BCUT2D eigenvalue weighted by molar-refractivity contribution is 0.392. The van der Waals surface area contributed by atoms with Gasteiger partial charge in [0, 0.05) is 27.1 Å². The number of halogens is 1. The molecule has 0 aliphatic heterocycles. The van der Waals surface area contributed by atoms with E-state index in [9.17, 15) is 4.21 Å². The quantitative estimate of drug-likeness (QED) is 0.864. The van der Waals surface area contributed by atoms with E-state index in [0.717, 1.165) is 22.6 Å².